The Kier molecular flexibility index (Phi) is 3.83. The summed E-state index contributed by atoms with van der Waals surface area (Å²) >= 11 is 0. The van der Waals surface area contributed by atoms with Gasteiger partial charge in [-0.1, -0.05) is 23.4 Å². The number of hydrogen-bond donors (Lipinski definition) is 2. The number of amidine groups is 1. The highest BCUT2D eigenvalue weighted by molar-refractivity contribution is 5.81. The Bertz CT molecular complexity index is 651. The molecule has 1 aliphatic heterocycles. The molecule has 2 aromatic rings. The molecule has 0 aliphatic carbocycles. The molecule has 7 nitrogen and oxygen atoms in total. The Morgan fingerprint density at radius 3 is 2.76 bits per heavy atom. The summed E-state index contributed by atoms with van der Waals surface area (Å²) in [5.41, 5.74) is 6.49. The molecule has 2 heterocycles. The molecule has 0 unspecified atom stereocenters. The van der Waals surface area contributed by atoms with Gasteiger partial charge in [0.1, 0.15) is 0 Å². The average Bonchev–Trinajstić information content (AvgIpc) is 2.55. The molecule has 110 valence electrons. The van der Waals surface area contributed by atoms with Gasteiger partial charge in [-0.05, 0) is 6.07 Å². The Morgan fingerprint density at radius 2 is 2.00 bits per heavy atom. The number of aromatic nitrogens is 2. The van der Waals surface area contributed by atoms with E-state index in [9.17, 15) is 0 Å². The topological polar surface area (TPSA) is 90.9 Å². The predicted molar refractivity (Wildman–Crippen MR) is 81.6 cm³/mol. The second kappa shape index (κ2) is 5.92. The van der Waals surface area contributed by atoms with Crippen LogP contribution in [0.1, 0.15) is 0 Å². The molecule has 3 N–H and O–H groups in total. The molecule has 1 aliphatic rings. The van der Waals surface area contributed by atoms with Crippen molar-refractivity contribution in [3.63, 3.8) is 0 Å². The van der Waals surface area contributed by atoms with Gasteiger partial charge >= 0.3 is 0 Å². The average molecular weight is 286 g/mol. The number of benzene rings is 1. The first kappa shape index (κ1) is 13.6. The van der Waals surface area contributed by atoms with Gasteiger partial charge in [-0.2, -0.15) is 0 Å². The molecule has 0 amide bonds. The fourth-order valence-electron chi connectivity index (χ4n) is 2.48. The first-order valence-electron chi connectivity index (χ1n) is 6.92. The predicted octanol–water partition coefficient (Wildman–Crippen LogP) is 0.498. The van der Waals surface area contributed by atoms with E-state index in [0.717, 1.165) is 43.0 Å². The summed E-state index contributed by atoms with van der Waals surface area (Å²) in [6.45, 7) is 3.83. The zero-order valence-electron chi connectivity index (χ0n) is 11.7. The maximum atomic E-state index is 8.60. The van der Waals surface area contributed by atoms with Gasteiger partial charge in [0.05, 0.1) is 12.1 Å². The number of para-hydroxylation sites is 1. The molecular weight excluding hydrogens is 268 g/mol. The fourth-order valence-corrected chi connectivity index (χ4v) is 2.48. The number of hydrogen-bond acceptors (Lipinski definition) is 6. The Labute approximate surface area is 122 Å². The minimum absolute atomic E-state index is 0.241. The summed E-state index contributed by atoms with van der Waals surface area (Å²) in [5.74, 6) is 1.00. The van der Waals surface area contributed by atoms with Crippen LogP contribution in [-0.4, -0.2) is 58.6 Å². The van der Waals surface area contributed by atoms with Gasteiger partial charge in [-0.25, -0.2) is 9.97 Å². The van der Waals surface area contributed by atoms with Gasteiger partial charge in [0.15, 0.2) is 5.84 Å². The smallest absolute Gasteiger partial charge is 0.225 e. The summed E-state index contributed by atoms with van der Waals surface area (Å²) in [6, 6.07) is 7.97. The van der Waals surface area contributed by atoms with Crippen LogP contribution in [0.15, 0.2) is 35.6 Å². The molecule has 0 atom stereocenters. The number of fused-ring (bicyclic) bond motifs is 1. The lowest BCUT2D eigenvalue weighted by Gasteiger charge is -2.34. The highest BCUT2D eigenvalue weighted by Crippen LogP contribution is 2.16. The van der Waals surface area contributed by atoms with Crippen LogP contribution in [0.3, 0.4) is 0 Å². The van der Waals surface area contributed by atoms with Crippen LogP contribution in [0.5, 0.6) is 0 Å². The van der Waals surface area contributed by atoms with Crippen molar-refractivity contribution >= 4 is 22.7 Å². The van der Waals surface area contributed by atoms with E-state index in [-0.39, 0.29) is 5.84 Å². The maximum Gasteiger partial charge on any atom is 0.225 e. The van der Waals surface area contributed by atoms with Gasteiger partial charge in [0.2, 0.25) is 5.95 Å². The third-order valence-corrected chi connectivity index (χ3v) is 3.65. The lowest BCUT2D eigenvalue weighted by molar-refractivity contribution is 0.278. The zero-order valence-corrected chi connectivity index (χ0v) is 11.7. The molecule has 0 spiro atoms. The second-order valence-electron chi connectivity index (χ2n) is 5.08. The normalized spacial score (nSPS) is 17.3. The summed E-state index contributed by atoms with van der Waals surface area (Å²) in [6.07, 6.45) is 1.86. The van der Waals surface area contributed by atoms with Crippen molar-refractivity contribution in [2.75, 3.05) is 37.6 Å². The van der Waals surface area contributed by atoms with Gasteiger partial charge in [-0.3, -0.25) is 4.90 Å². The van der Waals surface area contributed by atoms with Crippen molar-refractivity contribution in [1.82, 2.24) is 14.9 Å². The molecule has 0 bridgehead atoms. The third kappa shape index (κ3) is 3.03. The second-order valence-corrected chi connectivity index (χ2v) is 5.08. The summed E-state index contributed by atoms with van der Waals surface area (Å²) < 4.78 is 0. The van der Waals surface area contributed by atoms with E-state index in [4.69, 9.17) is 10.9 Å². The van der Waals surface area contributed by atoms with Crippen LogP contribution < -0.4 is 10.6 Å². The molecule has 21 heavy (non-hydrogen) atoms. The molecule has 0 radical (unpaired) electrons. The van der Waals surface area contributed by atoms with Gasteiger partial charge in [0.25, 0.3) is 0 Å². The molecule has 1 fully saturated rings. The third-order valence-electron chi connectivity index (χ3n) is 3.65. The van der Waals surface area contributed by atoms with Crippen molar-refractivity contribution in [3.8, 4) is 0 Å². The molecular formula is C14H18N6O. The van der Waals surface area contributed by atoms with Crippen LogP contribution in [0.2, 0.25) is 0 Å². The number of anilines is 1. The minimum atomic E-state index is 0.241. The first-order valence-corrected chi connectivity index (χ1v) is 6.92. The Balaban J connectivity index is 1.68. The molecule has 3 rings (SSSR count). The number of oxime groups is 1. The molecule has 1 saturated heterocycles. The van der Waals surface area contributed by atoms with Crippen LogP contribution in [0.4, 0.5) is 5.95 Å². The van der Waals surface area contributed by atoms with Gasteiger partial charge in [0, 0.05) is 37.8 Å². The van der Waals surface area contributed by atoms with Crippen molar-refractivity contribution < 1.29 is 5.21 Å². The van der Waals surface area contributed by atoms with E-state index in [1.165, 1.54) is 0 Å². The molecule has 0 saturated carbocycles. The summed E-state index contributed by atoms with van der Waals surface area (Å²) in [7, 11) is 0. The van der Waals surface area contributed by atoms with Crippen molar-refractivity contribution in [1.29, 1.82) is 0 Å². The highest BCUT2D eigenvalue weighted by atomic mass is 16.4. The SMILES string of the molecule is N/C(CN1CCN(c2ncc3ccccc3n2)CC1)=N/O. The molecule has 1 aromatic heterocycles. The quantitative estimate of drug-likeness (QED) is 0.369. The number of rotatable bonds is 3. The van der Waals surface area contributed by atoms with Gasteiger partial charge < -0.3 is 15.8 Å². The van der Waals surface area contributed by atoms with Crippen molar-refractivity contribution in [2.24, 2.45) is 10.9 Å². The summed E-state index contributed by atoms with van der Waals surface area (Å²) in [4.78, 5) is 13.4. The summed E-state index contributed by atoms with van der Waals surface area (Å²) in [5, 5.41) is 12.7. The van der Waals surface area contributed by atoms with E-state index < -0.39 is 0 Å². The number of nitrogens with two attached hydrogens (primary N) is 1. The Morgan fingerprint density at radius 1 is 1.24 bits per heavy atom. The molecule has 1 aromatic carbocycles. The van der Waals surface area contributed by atoms with E-state index in [1.807, 2.05) is 30.5 Å². The van der Waals surface area contributed by atoms with Crippen LogP contribution in [-0.2, 0) is 0 Å². The lowest BCUT2D eigenvalue weighted by Crippen LogP contribution is -2.49. The van der Waals surface area contributed by atoms with E-state index >= 15 is 0 Å². The van der Waals surface area contributed by atoms with E-state index in [0.29, 0.717) is 6.54 Å². The van der Waals surface area contributed by atoms with Crippen LogP contribution >= 0.6 is 0 Å². The van der Waals surface area contributed by atoms with Crippen LogP contribution in [0, 0.1) is 0 Å². The number of piperazine rings is 1. The van der Waals surface area contributed by atoms with E-state index in [1.54, 1.807) is 0 Å². The lowest BCUT2D eigenvalue weighted by atomic mass is 10.2. The number of nitrogens with zero attached hydrogens (tertiary/aromatic N) is 5. The minimum Gasteiger partial charge on any atom is -0.409 e. The largest absolute Gasteiger partial charge is 0.409 e. The Hall–Kier alpha value is -2.41. The van der Waals surface area contributed by atoms with E-state index in [2.05, 4.69) is 24.9 Å². The first-order chi connectivity index (χ1) is 10.3. The van der Waals surface area contributed by atoms with Crippen molar-refractivity contribution in [3.05, 3.63) is 30.5 Å². The maximum absolute atomic E-state index is 8.60. The standard InChI is InChI=1S/C14H18N6O/c15-13(18-21)10-19-5-7-20(8-6-19)14-16-9-11-3-1-2-4-12(11)17-14/h1-4,9,21H,5-8,10H2,(H2,15,18). The fraction of sp³-hybridized carbons (Fsp3) is 0.357. The zero-order chi connectivity index (χ0) is 14.7. The van der Waals surface area contributed by atoms with Gasteiger partial charge in [-0.15, -0.1) is 0 Å². The molecule has 7 heteroatoms. The highest BCUT2D eigenvalue weighted by Gasteiger charge is 2.19. The van der Waals surface area contributed by atoms with Crippen molar-refractivity contribution in [2.45, 2.75) is 0 Å². The monoisotopic (exact) mass is 286 g/mol. The van der Waals surface area contributed by atoms with Crippen LogP contribution in [0.25, 0.3) is 10.9 Å².